The topological polar surface area (TPSA) is 139 Å². The van der Waals surface area contributed by atoms with E-state index in [1.807, 2.05) is 6.92 Å². The lowest BCUT2D eigenvalue weighted by molar-refractivity contribution is -0.384. The molecule has 0 aromatic heterocycles. The quantitative estimate of drug-likeness (QED) is 0.155. The first kappa shape index (κ1) is 33.0. The van der Waals surface area contributed by atoms with Gasteiger partial charge in [-0.25, -0.2) is 12.8 Å². The number of methoxy groups -OCH3 is 1. The van der Waals surface area contributed by atoms with Crippen LogP contribution in [0, 0.1) is 15.9 Å². The number of halogens is 1. The molecular weight excluding hydrogens is 579 g/mol. The van der Waals surface area contributed by atoms with E-state index in [9.17, 15) is 32.5 Å². The zero-order chi connectivity index (χ0) is 31.6. The number of ether oxygens (including phenoxy) is 1. The average molecular weight is 615 g/mol. The second-order valence-corrected chi connectivity index (χ2v) is 11.8. The first-order chi connectivity index (χ1) is 20.5. The summed E-state index contributed by atoms with van der Waals surface area (Å²) in [6.45, 7) is 1.14. The van der Waals surface area contributed by atoms with E-state index in [-0.39, 0.29) is 30.0 Å². The van der Waals surface area contributed by atoms with Crippen molar-refractivity contribution >= 4 is 33.2 Å². The maximum absolute atomic E-state index is 14.9. The number of nitrogens with one attached hydrogen (secondary N) is 1. The maximum Gasteiger partial charge on any atom is 0.271 e. The van der Waals surface area contributed by atoms with Crippen molar-refractivity contribution in [2.75, 3.05) is 30.8 Å². The Morgan fingerprint density at radius 1 is 1.07 bits per heavy atom. The Balaban J connectivity index is 2.12. The third kappa shape index (κ3) is 8.98. The SMILES string of the molecule is CCCCNC(=O)[C@@H](Cc1ccccc1)N(Cc1ccccc1F)C(=O)CN(c1cc([N+](=O)[O-])ccc1OC)S(C)(=O)=O. The number of benzene rings is 3. The van der Waals surface area contributed by atoms with Crippen molar-refractivity contribution in [3.05, 3.63) is 99.9 Å². The Bertz CT molecular complexity index is 1540. The summed E-state index contributed by atoms with van der Waals surface area (Å²) >= 11 is 0. The molecule has 1 N–H and O–H groups in total. The summed E-state index contributed by atoms with van der Waals surface area (Å²) in [5.74, 6) is -1.94. The van der Waals surface area contributed by atoms with Crippen LogP contribution >= 0.6 is 0 Å². The highest BCUT2D eigenvalue weighted by Gasteiger charge is 2.34. The van der Waals surface area contributed by atoms with Crippen molar-refractivity contribution in [1.29, 1.82) is 0 Å². The minimum absolute atomic E-state index is 0.0253. The largest absolute Gasteiger partial charge is 0.495 e. The molecule has 0 aliphatic rings. The number of nitrogens with zero attached hydrogens (tertiary/aromatic N) is 3. The van der Waals surface area contributed by atoms with Gasteiger partial charge in [0, 0.05) is 37.2 Å². The Hall–Kier alpha value is -4.52. The highest BCUT2D eigenvalue weighted by Crippen LogP contribution is 2.34. The van der Waals surface area contributed by atoms with Crippen molar-refractivity contribution in [2.45, 2.75) is 38.8 Å². The molecule has 0 aliphatic carbocycles. The number of carbonyl (C=O) groups excluding carboxylic acids is 2. The van der Waals surface area contributed by atoms with Gasteiger partial charge in [0.2, 0.25) is 21.8 Å². The van der Waals surface area contributed by atoms with Crippen LogP contribution in [-0.4, -0.2) is 62.6 Å². The van der Waals surface area contributed by atoms with E-state index < -0.39 is 50.9 Å². The summed E-state index contributed by atoms with van der Waals surface area (Å²) < 4.78 is 46.8. The average Bonchev–Trinajstić information content (AvgIpc) is 2.98. The molecule has 0 fully saturated rings. The molecule has 0 unspecified atom stereocenters. The number of unbranched alkanes of at least 4 members (excludes halogenated alkanes) is 1. The van der Waals surface area contributed by atoms with Gasteiger partial charge in [-0.3, -0.25) is 24.0 Å². The molecule has 0 radical (unpaired) electrons. The molecule has 0 saturated heterocycles. The van der Waals surface area contributed by atoms with Gasteiger partial charge in [-0.1, -0.05) is 61.9 Å². The third-order valence-corrected chi connectivity index (χ3v) is 7.85. The van der Waals surface area contributed by atoms with Crippen molar-refractivity contribution in [3.8, 4) is 5.75 Å². The molecule has 0 heterocycles. The number of anilines is 1. The fourth-order valence-corrected chi connectivity index (χ4v) is 5.30. The van der Waals surface area contributed by atoms with Crippen LogP contribution < -0.4 is 14.4 Å². The van der Waals surface area contributed by atoms with Gasteiger partial charge in [-0.05, 0) is 24.1 Å². The molecular formula is C30H35FN4O7S. The molecule has 2 amide bonds. The van der Waals surface area contributed by atoms with Crippen LogP contribution in [0.15, 0.2) is 72.8 Å². The van der Waals surface area contributed by atoms with E-state index in [1.165, 1.54) is 31.4 Å². The van der Waals surface area contributed by atoms with Gasteiger partial charge in [0.05, 0.1) is 18.3 Å². The molecule has 1 atom stereocenters. The number of amides is 2. The van der Waals surface area contributed by atoms with Crippen LogP contribution in [0.5, 0.6) is 5.75 Å². The lowest BCUT2D eigenvalue weighted by Gasteiger charge is -2.33. The van der Waals surface area contributed by atoms with Crippen molar-refractivity contribution in [2.24, 2.45) is 0 Å². The van der Waals surface area contributed by atoms with E-state index in [0.29, 0.717) is 17.3 Å². The number of non-ortho nitro benzene ring substituents is 1. The normalized spacial score (nSPS) is 11.8. The van der Waals surface area contributed by atoms with Gasteiger partial charge in [-0.15, -0.1) is 0 Å². The van der Waals surface area contributed by atoms with Gasteiger partial charge in [-0.2, -0.15) is 0 Å². The molecule has 11 nitrogen and oxygen atoms in total. The van der Waals surface area contributed by atoms with Crippen LogP contribution in [0.25, 0.3) is 0 Å². The van der Waals surface area contributed by atoms with Crippen molar-refractivity contribution in [1.82, 2.24) is 10.2 Å². The number of nitro groups is 1. The highest BCUT2D eigenvalue weighted by atomic mass is 32.2. The monoisotopic (exact) mass is 614 g/mol. The Morgan fingerprint density at radius 3 is 2.35 bits per heavy atom. The molecule has 0 bridgehead atoms. The Morgan fingerprint density at radius 2 is 1.74 bits per heavy atom. The minimum Gasteiger partial charge on any atom is -0.495 e. The van der Waals surface area contributed by atoms with Crippen LogP contribution in [0.2, 0.25) is 0 Å². The number of carbonyl (C=O) groups is 2. The van der Waals surface area contributed by atoms with Gasteiger partial charge in [0.25, 0.3) is 5.69 Å². The summed E-state index contributed by atoms with van der Waals surface area (Å²) in [6.07, 6.45) is 2.42. The van der Waals surface area contributed by atoms with E-state index >= 15 is 0 Å². The van der Waals surface area contributed by atoms with E-state index in [4.69, 9.17) is 4.74 Å². The summed E-state index contributed by atoms with van der Waals surface area (Å²) in [5.41, 5.74) is 0.196. The third-order valence-electron chi connectivity index (χ3n) is 6.72. The number of nitro benzene ring substituents is 1. The lowest BCUT2D eigenvalue weighted by atomic mass is 10.0. The molecule has 3 rings (SSSR count). The predicted molar refractivity (Wildman–Crippen MR) is 161 cm³/mol. The smallest absolute Gasteiger partial charge is 0.271 e. The molecule has 0 spiro atoms. The first-order valence-electron chi connectivity index (χ1n) is 13.6. The minimum atomic E-state index is -4.22. The van der Waals surface area contributed by atoms with Crippen molar-refractivity contribution < 1.29 is 32.1 Å². The van der Waals surface area contributed by atoms with Gasteiger partial charge in [0.1, 0.15) is 29.8 Å². The van der Waals surface area contributed by atoms with E-state index in [0.717, 1.165) is 35.3 Å². The number of hydrogen-bond donors (Lipinski definition) is 1. The van der Waals surface area contributed by atoms with Gasteiger partial charge in [0.15, 0.2) is 0 Å². The number of rotatable bonds is 15. The van der Waals surface area contributed by atoms with E-state index in [2.05, 4.69) is 5.32 Å². The molecule has 43 heavy (non-hydrogen) atoms. The number of sulfonamides is 1. The van der Waals surface area contributed by atoms with Crippen LogP contribution in [0.1, 0.15) is 30.9 Å². The molecule has 3 aromatic rings. The highest BCUT2D eigenvalue weighted by molar-refractivity contribution is 7.92. The standard InChI is InChI=1S/C30H35FN4O7S/c1-4-5-17-32-30(37)27(18-22-11-7-6-8-12-22)33(20-23-13-9-10-14-25(23)31)29(36)21-34(43(3,40)41)26-19-24(35(38)39)15-16-28(26)42-2/h6-16,19,27H,4-5,17-18,20-21H2,1-3H3,(H,32,37)/t27-/m1/s1. The maximum atomic E-state index is 14.9. The molecule has 0 saturated carbocycles. The zero-order valence-electron chi connectivity index (χ0n) is 24.2. The second kappa shape index (κ2) is 15.1. The number of hydrogen-bond acceptors (Lipinski definition) is 7. The van der Waals surface area contributed by atoms with Crippen LogP contribution in [-0.2, 0) is 32.6 Å². The molecule has 13 heteroatoms. The Kier molecular flexibility index (Phi) is 11.6. The summed E-state index contributed by atoms with van der Waals surface area (Å²) in [4.78, 5) is 39.6. The summed E-state index contributed by atoms with van der Waals surface area (Å²) in [7, 11) is -2.96. The fourth-order valence-electron chi connectivity index (χ4n) is 4.45. The zero-order valence-corrected chi connectivity index (χ0v) is 25.1. The lowest BCUT2D eigenvalue weighted by Crippen LogP contribution is -2.53. The van der Waals surface area contributed by atoms with Gasteiger partial charge < -0.3 is 15.0 Å². The summed E-state index contributed by atoms with van der Waals surface area (Å²) in [5, 5.41) is 14.3. The Labute approximate surface area is 250 Å². The first-order valence-corrected chi connectivity index (χ1v) is 15.5. The summed E-state index contributed by atoms with van der Waals surface area (Å²) in [6, 6.07) is 16.9. The van der Waals surface area contributed by atoms with Gasteiger partial charge >= 0.3 is 0 Å². The predicted octanol–water partition coefficient (Wildman–Crippen LogP) is 4.06. The molecule has 3 aromatic carbocycles. The second-order valence-electron chi connectivity index (χ2n) is 9.85. The van der Waals surface area contributed by atoms with Crippen LogP contribution in [0.4, 0.5) is 15.8 Å². The van der Waals surface area contributed by atoms with Crippen LogP contribution in [0.3, 0.4) is 0 Å². The molecule has 0 aliphatic heterocycles. The van der Waals surface area contributed by atoms with E-state index in [1.54, 1.807) is 36.4 Å². The fraction of sp³-hybridized carbons (Fsp3) is 0.333. The molecule has 230 valence electrons. The van der Waals surface area contributed by atoms with Crippen molar-refractivity contribution in [3.63, 3.8) is 0 Å².